The van der Waals surface area contributed by atoms with Crippen molar-refractivity contribution in [3.05, 3.63) is 70.6 Å². The minimum absolute atomic E-state index is 0.00707. The highest BCUT2D eigenvalue weighted by atomic mass is 32.3. The molecule has 0 saturated heterocycles. The Bertz CT molecular complexity index is 1020. The summed E-state index contributed by atoms with van der Waals surface area (Å²) in [6, 6.07) is 2.00. The SMILES string of the molecule is CC(=CCCc1ccoc1)CCCC(C)=CCCC(C)C=C1OC(=O)C(C)=C1OS(=O)(=O)O. The van der Waals surface area contributed by atoms with Gasteiger partial charge in [-0.3, -0.25) is 4.55 Å². The van der Waals surface area contributed by atoms with Gasteiger partial charge in [0, 0.05) is 0 Å². The van der Waals surface area contributed by atoms with Crippen LogP contribution >= 0.6 is 0 Å². The number of hydrogen-bond donors (Lipinski definition) is 1. The van der Waals surface area contributed by atoms with E-state index in [2.05, 4.69) is 30.2 Å². The molecule has 1 N–H and O–H groups in total. The molecule has 0 amide bonds. The van der Waals surface area contributed by atoms with Crippen LogP contribution in [0, 0.1) is 5.92 Å². The van der Waals surface area contributed by atoms with Gasteiger partial charge >= 0.3 is 16.4 Å². The summed E-state index contributed by atoms with van der Waals surface area (Å²) < 4.78 is 45.7. The minimum atomic E-state index is -4.74. The van der Waals surface area contributed by atoms with E-state index in [1.165, 1.54) is 23.6 Å². The predicted octanol–water partition coefficient (Wildman–Crippen LogP) is 6.23. The van der Waals surface area contributed by atoms with Gasteiger partial charge in [-0.1, -0.05) is 30.2 Å². The normalized spacial score (nSPS) is 17.6. The lowest BCUT2D eigenvalue weighted by Crippen LogP contribution is -2.05. The lowest BCUT2D eigenvalue weighted by Gasteiger charge is -2.09. The van der Waals surface area contributed by atoms with Gasteiger partial charge in [-0.25, -0.2) is 4.79 Å². The van der Waals surface area contributed by atoms with Crippen LogP contribution in [-0.4, -0.2) is 18.9 Å². The van der Waals surface area contributed by atoms with E-state index in [-0.39, 0.29) is 23.0 Å². The molecule has 1 aromatic rings. The smallest absolute Gasteiger partial charge is 0.446 e. The Kier molecular flexibility index (Phi) is 10.2. The molecular formula is C25H34O7S. The van der Waals surface area contributed by atoms with E-state index < -0.39 is 16.4 Å². The molecule has 0 spiro atoms. The van der Waals surface area contributed by atoms with E-state index in [0.717, 1.165) is 44.9 Å². The standard InChI is InChI=1S/C25H34O7S/c1-18(8-5-9-19(2)11-7-13-22-14-15-30-17-22)10-6-12-20(3)16-23-24(32-33(27,28)29)21(4)25(26)31-23/h10-11,14-17,20H,5-9,12-13H2,1-4H3,(H,27,28,29). The second kappa shape index (κ2) is 12.6. The summed E-state index contributed by atoms with van der Waals surface area (Å²) in [7, 11) is -4.74. The third-order valence-electron chi connectivity index (χ3n) is 5.46. The van der Waals surface area contributed by atoms with Crippen LogP contribution in [0.15, 0.2) is 69.5 Å². The van der Waals surface area contributed by atoms with E-state index in [0.29, 0.717) is 0 Å². The molecule has 0 aliphatic carbocycles. The van der Waals surface area contributed by atoms with Crippen molar-refractivity contribution in [2.75, 3.05) is 0 Å². The molecule has 0 radical (unpaired) electrons. The second-order valence-corrected chi connectivity index (χ2v) is 9.59. The summed E-state index contributed by atoms with van der Waals surface area (Å²) in [6.45, 7) is 7.64. The number of cyclic esters (lactones) is 1. The number of carbonyl (C=O) groups excluding carboxylic acids is 1. The molecule has 1 aliphatic rings. The van der Waals surface area contributed by atoms with Gasteiger partial charge in [0.1, 0.15) is 0 Å². The first kappa shape index (κ1) is 26.7. The van der Waals surface area contributed by atoms with Crippen LogP contribution in [0.5, 0.6) is 0 Å². The zero-order valence-electron chi connectivity index (χ0n) is 19.8. The van der Waals surface area contributed by atoms with E-state index in [9.17, 15) is 13.2 Å². The average Bonchev–Trinajstić information content (AvgIpc) is 3.31. The number of carbonyl (C=O) groups is 1. The minimum Gasteiger partial charge on any atom is -0.472 e. The maximum atomic E-state index is 11.7. The van der Waals surface area contributed by atoms with Crippen LogP contribution in [0.3, 0.4) is 0 Å². The van der Waals surface area contributed by atoms with Crippen molar-refractivity contribution < 1.29 is 31.1 Å². The number of hydrogen-bond acceptors (Lipinski definition) is 6. The summed E-state index contributed by atoms with van der Waals surface area (Å²) in [5.74, 6) is -0.899. The molecule has 1 unspecified atom stereocenters. The molecule has 8 heteroatoms. The topological polar surface area (TPSA) is 103 Å². The van der Waals surface area contributed by atoms with Gasteiger partial charge in [-0.05, 0) is 89.3 Å². The summed E-state index contributed by atoms with van der Waals surface area (Å²) in [5.41, 5.74) is 3.97. The summed E-state index contributed by atoms with van der Waals surface area (Å²) >= 11 is 0. The lowest BCUT2D eigenvalue weighted by molar-refractivity contribution is -0.133. The van der Waals surface area contributed by atoms with Crippen molar-refractivity contribution in [2.24, 2.45) is 5.92 Å². The van der Waals surface area contributed by atoms with E-state index in [1.807, 2.05) is 13.0 Å². The van der Waals surface area contributed by atoms with Crippen molar-refractivity contribution in [2.45, 2.75) is 72.6 Å². The van der Waals surface area contributed by atoms with Crippen molar-refractivity contribution in [1.29, 1.82) is 0 Å². The van der Waals surface area contributed by atoms with Crippen LogP contribution in [0.1, 0.15) is 71.8 Å². The van der Waals surface area contributed by atoms with Crippen molar-refractivity contribution in [3.63, 3.8) is 0 Å². The van der Waals surface area contributed by atoms with Crippen LogP contribution < -0.4 is 0 Å². The third-order valence-corrected chi connectivity index (χ3v) is 5.84. The highest BCUT2D eigenvalue weighted by molar-refractivity contribution is 7.81. The fourth-order valence-corrected chi connectivity index (χ4v) is 3.94. The predicted molar refractivity (Wildman–Crippen MR) is 126 cm³/mol. The molecule has 1 aromatic heterocycles. The number of esters is 1. The first-order chi connectivity index (χ1) is 15.5. The van der Waals surface area contributed by atoms with Crippen molar-refractivity contribution in [3.8, 4) is 0 Å². The molecule has 0 bridgehead atoms. The number of furan rings is 1. The quantitative estimate of drug-likeness (QED) is 0.204. The molecule has 7 nitrogen and oxygen atoms in total. The van der Waals surface area contributed by atoms with Crippen LogP contribution in [0.4, 0.5) is 0 Å². The van der Waals surface area contributed by atoms with Gasteiger partial charge in [-0.15, -0.1) is 0 Å². The molecule has 1 atom stereocenters. The molecule has 0 fully saturated rings. The molecule has 0 saturated carbocycles. The number of allylic oxidation sites excluding steroid dienone is 5. The van der Waals surface area contributed by atoms with Gasteiger partial charge in [-0.2, -0.15) is 8.42 Å². The summed E-state index contributed by atoms with van der Waals surface area (Å²) in [6.07, 6.45) is 16.5. The van der Waals surface area contributed by atoms with Crippen LogP contribution in [-0.2, 0) is 30.5 Å². The van der Waals surface area contributed by atoms with Crippen molar-refractivity contribution >= 4 is 16.4 Å². The van der Waals surface area contributed by atoms with E-state index in [1.54, 1.807) is 18.6 Å². The fraction of sp³-hybridized carbons (Fsp3) is 0.480. The van der Waals surface area contributed by atoms with Crippen molar-refractivity contribution in [1.82, 2.24) is 0 Å². The zero-order valence-corrected chi connectivity index (χ0v) is 20.6. The molecule has 182 valence electrons. The first-order valence-corrected chi connectivity index (χ1v) is 12.6. The van der Waals surface area contributed by atoms with Crippen LogP contribution in [0.2, 0.25) is 0 Å². The highest BCUT2D eigenvalue weighted by Crippen LogP contribution is 2.30. The monoisotopic (exact) mass is 478 g/mol. The second-order valence-electron chi connectivity index (χ2n) is 8.57. The van der Waals surface area contributed by atoms with Gasteiger partial charge in [0.15, 0.2) is 11.5 Å². The highest BCUT2D eigenvalue weighted by Gasteiger charge is 2.31. The summed E-state index contributed by atoms with van der Waals surface area (Å²) in [5, 5.41) is 0. The van der Waals surface area contributed by atoms with Gasteiger partial charge in [0.05, 0.1) is 18.1 Å². The van der Waals surface area contributed by atoms with Gasteiger partial charge < -0.3 is 13.3 Å². The number of aryl methyl sites for hydroxylation is 1. The Morgan fingerprint density at radius 1 is 1.18 bits per heavy atom. The number of rotatable bonds is 13. The van der Waals surface area contributed by atoms with E-state index in [4.69, 9.17) is 13.7 Å². The Hall–Kier alpha value is -2.58. The molecular weight excluding hydrogens is 444 g/mol. The molecule has 33 heavy (non-hydrogen) atoms. The molecule has 1 aliphatic heterocycles. The average molecular weight is 479 g/mol. The summed E-state index contributed by atoms with van der Waals surface area (Å²) in [4.78, 5) is 11.7. The Balaban J connectivity index is 1.74. The molecule has 2 heterocycles. The van der Waals surface area contributed by atoms with Gasteiger partial charge in [0.2, 0.25) is 0 Å². The molecule has 0 aromatic carbocycles. The largest absolute Gasteiger partial charge is 0.472 e. The zero-order chi connectivity index (χ0) is 24.4. The molecule has 2 rings (SSSR count). The maximum Gasteiger partial charge on any atom is 0.446 e. The lowest BCUT2D eigenvalue weighted by atomic mass is 10.0. The maximum absolute atomic E-state index is 11.7. The fourth-order valence-electron chi connectivity index (χ4n) is 3.52. The van der Waals surface area contributed by atoms with E-state index >= 15 is 0 Å². The first-order valence-electron chi connectivity index (χ1n) is 11.2. The Morgan fingerprint density at radius 2 is 1.85 bits per heavy atom. The number of ether oxygens (including phenoxy) is 1. The Morgan fingerprint density at radius 3 is 2.45 bits per heavy atom. The van der Waals surface area contributed by atoms with Crippen LogP contribution in [0.25, 0.3) is 0 Å². The third kappa shape index (κ3) is 9.84. The van der Waals surface area contributed by atoms with Gasteiger partial charge in [0.25, 0.3) is 0 Å². The Labute approximate surface area is 196 Å².